The summed E-state index contributed by atoms with van der Waals surface area (Å²) >= 11 is 0. The molecule has 106 valence electrons. The van der Waals surface area contributed by atoms with Crippen LogP contribution in [-0.4, -0.2) is 11.7 Å². The predicted molar refractivity (Wildman–Crippen MR) is 78.3 cm³/mol. The molecular weight excluding hydrogens is 236 g/mol. The van der Waals surface area contributed by atoms with E-state index in [-0.39, 0.29) is 0 Å². The van der Waals surface area contributed by atoms with E-state index in [0.717, 1.165) is 37.2 Å². The van der Waals surface area contributed by atoms with Crippen LogP contribution in [0.25, 0.3) is 0 Å². The van der Waals surface area contributed by atoms with Crippen molar-refractivity contribution in [2.75, 3.05) is 6.61 Å². The van der Waals surface area contributed by atoms with Gasteiger partial charge in [0.15, 0.2) is 0 Å². The van der Waals surface area contributed by atoms with Crippen LogP contribution >= 0.6 is 0 Å². The van der Waals surface area contributed by atoms with Crippen LogP contribution < -0.4 is 4.74 Å². The highest BCUT2D eigenvalue weighted by atomic mass is 16.5. The van der Waals surface area contributed by atoms with Crippen LogP contribution in [0.15, 0.2) is 24.3 Å². The topological polar surface area (TPSA) is 29.5 Å². The summed E-state index contributed by atoms with van der Waals surface area (Å²) in [6, 6.07) is 8.02. The van der Waals surface area contributed by atoms with Gasteiger partial charge in [0.05, 0.1) is 12.2 Å². The monoisotopic (exact) mass is 262 g/mol. The van der Waals surface area contributed by atoms with E-state index in [1.165, 1.54) is 6.42 Å². The molecule has 0 amide bonds. The van der Waals surface area contributed by atoms with Crippen LogP contribution in [0.1, 0.15) is 52.0 Å². The predicted octanol–water partition coefficient (Wildman–Crippen LogP) is 4.12. The Labute approximate surface area is 116 Å². The Balaban J connectivity index is 2.15. The fourth-order valence-corrected chi connectivity index (χ4v) is 3.07. The lowest BCUT2D eigenvalue weighted by atomic mass is 9.69. The van der Waals surface area contributed by atoms with Gasteiger partial charge in [-0.05, 0) is 48.8 Å². The van der Waals surface area contributed by atoms with E-state index in [9.17, 15) is 5.11 Å². The van der Waals surface area contributed by atoms with E-state index >= 15 is 0 Å². The molecule has 0 radical (unpaired) electrons. The van der Waals surface area contributed by atoms with Gasteiger partial charge >= 0.3 is 0 Å². The molecule has 1 N–H and O–H groups in total. The molecule has 2 rings (SSSR count). The second kappa shape index (κ2) is 5.96. The van der Waals surface area contributed by atoms with Gasteiger partial charge in [0.2, 0.25) is 0 Å². The number of aliphatic hydroxyl groups is 1. The third kappa shape index (κ3) is 3.11. The van der Waals surface area contributed by atoms with Crippen molar-refractivity contribution in [3.05, 3.63) is 29.8 Å². The van der Waals surface area contributed by atoms with Gasteiger partial charge in [-0.2, -0.15) is 0 Å². The minimum absolute atomic E-state index is 0.325. The highest BCUT2D eigenvalue weighted by Crippen LogP contribution is 2.44. The van der Waals surface area contributed by atoms with Gasteiger partial charge in [-0.15, -0.1) is 0 Å². The molecular formula is C17H26O2. The first-order valence-corrected chi connectivity index (χ1v) is 7.52. The third-order valence-electron chi connectivity index (χ3n) is 4.39. The van der Waals surface area contributed by atoms with Crippen molar-refractivity contribution in [2.45, 2.75) is 52.1 Å². The van der Waals surface area contributed by atoms with Gasteiger partial charge in [-0.3, -0.25) is 0 Å². The molecule has 2 heteroatoms. The molecule has 1 aromatic carbocycles. The first-order chi connectivity index (χ1) is 9.06. The fraction of sp³-hybridized carbons (Fsp3) is 0.647. The molecule has 1 fully saturated rings. The van der Waals surface area contributed by atoms with E-state index < -0.39 is 5.60 Å². The number of hydrogen-bond acceptors (Lipinski definition) is 2. The minimum Gasteiger partial charge on any atom is -0.494 e. The molecule has 19 heavy (non-hydrogen) atoms. The Morgan fingerprint density at radius 2 is 1.89 bits per heavy atom. The van der Waals surface area contributed by atoms with Crippen molar-refractivity contribution in [2.24, 2.45) is 11.8 Å². The van der Waals surface area contributed by atoms with Crippen LogP contribution in [0.5, 0.6) is 5.75 Å². The highest BCUT2D eigenvalue weighted by Gasteiger charge is 2.40. The van der Waals surface area contributed by atoms with E-state index in [1.807, 2.05) is 24.3 Å². The van der Waals surface area contributed by atoms with Crippen LogP contribution in [0.3, 0.4) is 0 Å². The average Bonchev–Trinajstić information content (AvgIpc) is 2.41. The van der Waals surface area contributed by atoms with Crippen molar-refractivity contribution < 1.29 is 9.84 Å². The zero-order valence-electron chi connectivity index (χ0n) is 12.4. The summed E-state index contributed by atoms with van der Waals surface area (Å²) in [5.74, 6) is 1.81. The molecule has 1 aromatic rings. The lowest BCUT2D eigenvalue weighted by Crippen LogP contribution is -2.39. The standard InChI is InChI=1S/C17H26O2/c1-4-11-19-16-9-7-15(8-10-16)17(18)12-13(2)5-6-14(17)3/h7-10,13-14,18H,4-6,11-12H2,1-3H3. The molecule has 3 unspecified atom stereocenters. The van der Waals surface area contributed by atoms with Crippen LogP contribution in [0.2, 0.25) is 0 Å². The smallest absolute Gasteiger partial charge is 0.119 e. The molecule has 3 atom stereocenters. The zero-order valence-corrected chi connectivity index (χ0v) is 12.4. The van der Waals surface area contributed by atoms with Crippen LogP contribution in [0, 0.1) is 11.8 Å². The van der Waals surface area contributed by atoms with Gasteiger partial charge in [-0.1, -0.05) is 39.3 Å². The SMILES string of the molecule is CCCOc1ccc(C2(O)CC(C)CCC2C)cc1. The van der Waals surface area contributed by atoms with Gasteiger partial charge in [0.25, 0.3) is 0 Å². The number of hydrogen-bond donors (Lipinski definition) is 1. The maximum Gasteiger partial charge on any atom is 0.119 e. The minimum atomic E-state index is -0.666. The summed E-state index contributed by atoms with van der Waals surface area (Å²) in [6.45, 7) is 7.24. The van der Waals surface area contributed by atoms with Gasteiger partial charge < -0.3 is 9.84 Å². The van der Waals surface area contributed by atoms with Gasteiger partial charge in [0, 0.05) is 0 Å². The maximum absolute atomic E-state index is 11.0. The number of benzene rings is 1. The zero-order chi connectivity index (χ0) is 13.9. The van der Waals surface area contributed by atoms with Crippen molar-refractivity contribution in [3.8, 4) is 5.75 Å². The lowest BCUT2D eigenvalue weighted by Gasteiger charge is -2.41. The Morgan fingerprint density at radius 3 is 2.53 bits per heavy atom. The fourth-order valence-electron chi connectivity index (χ4n) is 3.07. The highest BCUT2D eigenvalue weighted by molar-refractivity contribution is 5.31. The summed E-state index contributed by atoms with van der Waals surface area (Å²) in [7, 11) is 0. The molecule has 0 aliphatic heterocycles. The van der Waals surface area contributed by atoms with Crippen molar-refractivity contribution in [3.63, 3.8) is 0 Å². The van der Waals surface area contributed by atoms with Crippen molar-refractivity contribution >= 4 is 0 Å². The Morgan fingerprint density at radius 1 is 1.21 bits per heavy atom. The number of ether oxygens (including phenoxy) is 1. The summed E-state index contributed by atoms with van der Waals surface area (Å²) in [6.07, 6.45) is 4.20. The lowest BCUT2D eigenvalue weighted by molar-refractivity contribution is -0.0627. The molecule has 0 bridgehead atoms. The van der Waals surface area contributed by atoms with Crippen molar-refractivity contribution in [1.82, 2.24) is 0 Å². The van der Waals surface area contributed by atoms with E-state index in [0.29, 0.717) is 11.8 Å². The molecule has 0 spiro atoms. The normalized spacial score (nSPS) is 31.2. The maximum atomic E-state index is 11.0. The molecule has 1 aliphatic carbocycles. The Hall–Kier alpha value is -1.02. The molecule has 1 aliphatic rings. The summed E-state index contributed by atoms with van der Waals surface area (Å²) in [5.41, 5.74) is 0.372. The van der Waals surface area contributed by atoms with E-state index in [1.54, 1.807) is 0 Å². The Bertz CT molecular complexity index is 398. The van der Waals surface area contributed by atoms with Crippen LogP contribution in [-0.2, 0) is 5.60 Å². The largest absolute Gasteiger partial charge is 0.494 e. The first-order valence-electron chi connectivity index (χ1n) is 7.52. The second-order valence-corrected chi connectivity index (χ2v) is 6.08. The molecule has 0 heterocycles. The molecule has 2 nitrogen and oxygen atoms in total. The molecule has 1 saturated carbocycles. The van der Waals surface area contributed by atoms with Gasteiger partial charge in [0.1, 0.15) is 5.75 Å². The third-order valence-corrected chi connectivity index (χ3v) is 4.39. The summed E-state index contributed by atoms with van der Waals surface area (Å²) in [5, 5.41) is 11.0. The second-order valence-electron chi connectivity index (χ2n) is 6.08. The average molecular weight is 262 g/mol. The molecule has 0 aromatic heterocycles. The van der Waals surface area contributed by atoms with Crippen LogP contribution in [0.4, 0.5) is 0 Å². The van der Waals surface area contributed by atoms with E-state index in [4.69, 9.17) is 4.74 Å². The molecule has 0 saturated heterocycles. The Kier molecular flexibility index (Phi) is 4.51. The summed E-state index contributed by atoms with van der Waals surface area (Å²) < 4.78 is 5.60. The van der Waals surface area contributed by atoms with E-state index in [2.05, 4.69) is 20.8 Å². The first kappa shape index (κ1) is 14.4. The quantitative estimate of drug-likeness (QED) is 0.884. The summed E-state index contributed by atoms with van der Waals surface area (Å²) in [4.78, 5) is 0. The van der Waals surface area contributed by atoms with Gasteiger partial charge in [-0.25, -0.2) is 0 Å². The number of rotatable bonds is 4. The van der Waals surface area contributed by atoms with Crippen molar-refractivity contribution in [1.29, 1.82) is 0 Å².